The van der Waals surface area contributed by atoms with Gasteiger partial charge < -0.3 is 19.3 Å². The maximum absolute atomic E-state index is 12.9. The highest BCUT2D eigenvalue weighted by Gasteiger charge is 2.35. The molecule has 0 saturated carbocycles. The molecule has 1 aromatic rings. The number of piperidine rings is 1. The Morgan fingerprint density at radius 1 is 1.28 bits per heavy atom. The third kappa shape index (κ3) is 6.55. The molecule has 1 aromatic carbocycles. The van der Waals surface area contributed by atoms with E-state index in [0.29, 0.717) is 18.9 Å². The van der Waals surface area contributed by atoms with E-state index in [1.165, 1.54) is 12.0 Å². The molecule has 1 aliphatic heterocycles. The molecular formula is C20H26F3N3O6. The van der Waals surface area contributed by atoms with Crippen LogP contribution in [0.5, 0.6) is 0 Å². The van der Waals surface area contributed by atoms with E-state index in [1.54, 1.807) is 11.8 Å². The fourth-order valence-electron chi connectivity index (χ4n) is 3.57. The Balaban J connectivity index is 2.10. The SMILES string of the molecule is CCOC(=O)CN(CCOC)C(=O)C1CCN(c2ccc(C(F)(F)F)cc2[N+](=O)[O-])CC1. The topological polar surface area (TPSA) is 102 Å². The molecule has 9 nitrogen and oxygen atoms in total. The maximum atomic E-state index is 12.9. The molecule has 32 heavy (non-hydrogen) atoms. The Morgan fingerprint density at radius 3 is 2.47 bits per heavy atom. The fraction of sp³-hybridized carbons (Fsp3) is 0.600. The molecule has 12 heteroatoms. The summed E-state index contributed by atoms with van der Waals surface area (Å²) in [5.74, 6) is -1.21. The molecule has 0 atom stereocenters. The molecule has 0 aromatic heterocycles. The van der Waals surface area contributed by atoms with Gasteiger partial charge in [-0.1, -0.05) is 0 Å². The van der Waals surface area contributed by atoms with E-state index in [9.17, 15) is 32.9 Å². The van der Waals surface area contributed by atoms with E-state index in [1.807, 2.05) is 0 Å². The molecule has 0 bridgehead atoms. The smallest absolute Gasteiger partial charge is 0.416 e. The van der Waals surface area contributed by atoms with Crippen molar-refractivity contribution >= 4 is 23.3 Å². The lowest BCUT2D eigenvalue weighted by Crippen LogP contribution is -2.45. The maximum Gasteiger partial charge on any atom is 0.416 e. The predicted octanol–water partition coefficient (Wildman–Crippen LogP) is 2.87. The van der Waals surface area contributed by atoms with Crippen molar-refractivity contribution < 1.29 is 37.2 Å². The number of methoxy groups -OCH3 is 1. The minimum Gasteiger partial charge on any atom is -0.465 e. The molecule has 1 amide bonds. The molecule has 0 aliphatic carbocycles. The van der Waals surface area contributed by atoms with Crippen molar-refractivity contribution in [2.75, 3.05) is 51.4 Å². The molecule has 178 valence electrons. The number of ether oxygens (including phenoxy) is 2. The monoisotopic (exact) mass is 461 g/mol. The zero-order chi connectivity index (χ0) is 23.9. The summed E-state index contributed by atoms with van der Waals surface area (Å²) in [7, 11) is 1.47. The van der Waals surface area contributed by atoms with Crippen LogP contribution in [0.25, 0.3) is 0 Å². The van der Waals surface area contributed by atoms with E-state index < -0.39 is 34.2 Å². The van der Waals surface area contributed by atoms with Gasteiger partial charge in [0, 0.05) is 38.7 Å². The summed E-state index contributed by atoms with van der Waals surface area (Å²) >= 11 is 0. The standard InChI is InChI=1S/C20H26F3N3O6/c1-3-32-18(27)13-25(10-11-31-2)19(28)14-6-8-24(9-7-14)16-5-4-15(20(21,22)23)12-17(16)26(29)30/h4-5,12,14H,3,6-11,13H2,1-2H3. The number of halogens is 3. The fourth-order valence-corrected chi connectivity index (χ4v) is 3.57. The number of carbonyl (C=O) groups is 2. The van der Waals surface area contributed by atoms with Gasteiger partial charge in [0.15, 0.2) is 0 Å². The Hall–Kier alpha value is -2.89. The highest BCUT2D eigenvalue weighted by atomic mass is 19.4. The zero-order valence-corrected chi connectivity index (χ0v) is 17.9. The number of hydrogen-bond donors (Lipinski definition) is 0. The minimum absolute atomic E-state index is 0.0802. The molecule has 0 N–H and O–H groups in total. The summed E-state index contributed by atoms with van der Waals surface area (Å²) in [6.45, 7) is 2.59. The molecular weight excluding hydrogens is 435 g/mol. The number of alkyl halides is 3. The first kappa shape index (κ1) is 25.4. The van der Waals surface area contributed by atoms with Gasteiger partial charge in [-0.05, 0) is 31.9 Å². The first-order valence-corrected chi connectivity index (χ1v) is 10.1. The van der Waals surface area contributed by atoms with Crippen molar-refractivity contribution in [3.05, 3.63) is 33.9 Å². The van der Waals surface area contributed by atoms with Crippen LogP contribution in [-0.4, -0.2) is 68.2 Å². The second-order valence-electron chi connectivity index (χ2n) is 7.28. The lowest BCUT2D eigenvalue weighted by molar-refractivity contribution is -0.384. The number of esters is 1. The van der Waals surface area contributed by atoms with Crippen LogP contribution in [0.15, 0.2) is 18.2 Å². The van der Waals surface area contributed by atoms with Gasteiger partial charge in [-0.25, -0.2) is 0 Å². The largest absolute Gasteiger partial charge is 0.465 e. The highest BCUT2D eigenvalue weighted by molar-refractivity contribution is 5.84. The van der Waals surface area contributed by atoms with Crippen LogP contribution in [0.2, 0.25) is 0 Å². The van der Waals surface area contributed by atoms with E-state index >= 15 is 0 Å². The van der Waals surface area contributed by atoms with E-state index in [0.717, 1.165) is 12.1 Å². The summed E-state index contributed by atoms with van der Waals surface area (Å²) in [4.78, 5) is 38.2. The molecule has 1 saturated heterocycles. The van der Waals surface area contributed by atoms with Crippen molar-refractivity contribution in [3.8, 4) is 0 Å². The van der Waals surface area contributed by atoms with Crippen molar-refractivity contribution in [1.82, 2.24) is 4.90 Å². The van der Waals surface area contributed by atoms with Gasteiger partial charge in [-0.3, -0.25) is 19.7 Å². The van der Waals surface area contributed by atoms with Gasteiger partial charge in [0.2, 0.25) is 5.91 Å². The first-order chi connectivity index (χ1) is 15.1. The van der Waals surface area contributed by atoms with Crippen molar-refractivity contribution in [1.29, 1.82) is 0 Å². The number of benzene rings is 1. The van der Waals surface area contributed by atoms with Crippen molar-refractivity contribution in [3.63, 3.8) is 0 Å². The Bertz CT molecular complexity index is 825. The zero-order valence-electron chi connectivity index (χ0n) is 17.9. The number of nitro groups is 1. The van der Waals surface area contributed by atoms with Crippen LogP contribution in [0.1, 0.15) is 25.3 Å². The van der Waals surface area contributed by atoms with Gasteiger partial charge in [-0.2, -0.15) is 13.2 Å². The summed E-state index contributed by atoms with van der Waals surface area (Å²) < 4.78 is 48.7. The number of nitrogens with zero attached hydrogens (tertiary/aromatic N) is 3. The summed E-state index contributed by atoms with van der Waals surface area (Å²) in [6, 6.07) is 2.43. The van der Waals surface area contributed by atoms with Crippen LogP contribution >= 0.6 is 0 Å². The van der Waals surface area contributed by atoms with Crippen LogP contribution < -0.4 is 4.90 Å². The van der Waals surface area contributed by atoms with Gasteiger partial charge in [0.1, 0.15) is 12.2 Å². The van der Waals surface area contributed by atoms with Crippen LogP contribution in [-0.2, 0) is 25.2 Å². The number of nitro benzene ring substituents is 1. The summed E-state index contributed by atoms with van der Waals surface area (Å²) in [6.07, 6.45) is -4.01. The van der Waals surface area contributed by atoms with E-state index in [4.69, 9.17) is 9.47 Å². The average molecular weight is 461 g/mol. The molecule has 1 aliphatic rings. The average Bonchev–Trinajstić information content (AvgIpc) is 2.75. The van der Waals surface area contributed by atoms with E-state index in [-0.39, 0.29) is 51.0 Å². The number of anilines is 1. The van der Waals surface area contributed by atoms with Crippen LogP contribution in [0.3, 0.4) is 0 Å². The molecule has 0 unspecified atom stereocenters. The van der Waals surface area contributed by atoms with Crippen LogP contribution in [0.4, 0.5) is 24.5 Å². The third-order valence-corrected chi connectivity index (χ3v) is 5.19. The summed E-state index contributed by atoms with van der Waals surface area (Å²) in [5, 5.41) is 11.4. The second-order valence-corrected chi connectivity index (χ2v) is 7.28. The lowest BCUT2D eigenvalue weighted by Gasteiger charge is -2.35. The quantitative estimate of drug-likeness (QED) is 0.317. The Morgan fingerprint density at radius 2 is 1.94 bits per heavy atom. The van der Waals surface area contributed by atoms with Gasteiger partial charge >= 0.3 is 12.1 Å². The van der Waals surface area contributed by atoms with Gasteiger partial charge in [0.05, 0.1) is 23.7 Å². The Labute approximate surface area is 183 Å². The summed E-state index contributed by atoms with van der Waals surface area (Å²) in [5.41, 5.74) is -1.64. The number of carbonyl (C=O) groups excluding carboxylic acids is 2. The second kappa shape index (κ2) is 11.1. The lowest BCUT2D eigenvalue weighted by atomic mass is 9.94. The molecule has 0 spiro atoms. The predicted molar refractivity (Wildman–Crippen MR) is 108 cm³/mol. The minimum atomic E-state index is -4.69. The van der Waals surface area contributed by atoms with Gasteiger partial charge in [0.25, 0.3) is 5.69 Å². The van der Waals surface area contributed by atoms with Gasteiger partial charge in [-0.15, -0.1) is 0 Å². The number of hydrogen-bond acceptors (Lipinski definition) is 7. The Kier molecular flexibility index (Phi) is 8.81. The molecule has 1 heterocycles. The van der Waals surface area contributed by atoms with Crippen molar-refractivity contribution in [2.24, 2.45) is 5.92 Å². The molecule has 0 radical (unpaired) electrons. The normalized spacial score (nSPS) is 14.8. The van der Waals surface area contributed by atoms with Crippen LogP contribution in [0, 0.1) is 16.0 Å². The molecule has 2 rings (SSSR count). The third-order valence-electron chi connectivity index (χ3n) is 5.19. The number of rotatable bonds is 9. The molecule has 1 fully saturated rings. The number of amides is 1. The first-order valence-electron chi connectivity index (χ1n) is 10.1. The van der Waals surface area contributed by atoms with Crippen molar-refractivity contribution in [2.45, 2.75) is 25.9 Å². The van der Waals surface area contributed by atoms with E-state index in [2.05, 4.69) is 0 Å². The highest BCUT2D eigenvalue weighted by Crippen LogP contribution is 2.37.